The number of hydrogen-bond acceptors (Lipinski definition) is 4. The number of rotatable bonds is 7. The van der Waals surface area contributed by atoms with Crippen molar-refractivity contribution in [3.63, 3.8) is 0 Å². The first-order chi connectivity index (χ1) is 15.8. The van der Waals surface area contributed by atoms with Crippen LogP contribution < -0.4 is 5.32 Å². The van der Waals surface area contributed by atoms with E-state index in [9.17, 15) is 9.90 Å². The Labute approximate surface area is 197 Å². The molecular weight excluding hydrogens is 412 g/mol. The molecule has 5 rings (SSSR count). The molecule has 3 saturated carbocycles. The fourth-order valence-corrected chi connectivity index (χ4v) is 6.13. The van der Waals surface area contributed by atoms with E-state index < -0.39 is 6.10 Å². The number of amides is 1. The van der Waals surface area contributed by atoms with Gasteiger partial charge in [-0.25, -0.2) is 0 Å². The van der Waals surface area contributed by atoms with E-state index in [1.807, 2.05) is 19.1 Å². The summed E-state index contributed by atoms with van der Waals surface area (Å²) >= 11 is 0. The van der Waals surface area contributed by atoms with Crippen molar-refractivity contribution < 1.29 is 9.90 Å². The number of nitrogens with one attached hydrogen (secondary N) is 1. The first-order valence-electron chi connectivity index (χ1n) is 12.8. The largest absolute Gasteiger partial charge is 0.393 e. The van der Waals surface area contributed by atoms with E-state index in [0.29, 0.717) is 24.8 Å². The second-order valence-electron chi connectivity index (χ2n) is 11.3. The van der Waals surface area contributed by atoms with Crippen molar-refractivity contribution in [2.45, 2.75) is 96.6 Å². The second-order valence-corrected chi connectivity index (χ2v) is 11.3. The van der Waals surface area contributed by atoms with Gasteiger partial charge in [-0.15, -0.1) is 10.2 Å². The van der Waals surface area contributed by atoms with Gasteiger partial charge in [0.15, 0.2) is 0 Å². The molecule has 2 aromatic rings. The second kappa shape index (κ2) is 8.86. The fourth-order valence-electron chi connectivity index (χ4n) is 6.13. The van der Waals surface area contributed by atoms with Crippen LogP contribution in [-0.2, 0) is 4.79 Å². The van der Waals surface area contributed by atoms with E-state index in [0.717, 1.165) is 47.6 Å². The summed E-state index contributed by atoms with van der Waals surface area (Å²) in [7, 11) is 0. The van der Waals surface area contributed by atoms with Gasteiger partial charge in [-0.3, -0.25) is 4.79 Å². The van der Waals surface area contributed by atoms with Crippen LogP contribution in [0.2, 0.25) is 0 Å². The van der Waals surface area contributed by atoms with E-state index >= 15 is 0 Å². The molecule has 3 atom stereocenters. The van der Waals surface area contributed by atoms with E-state index in [-0.39, 0.29) is 17.7 Å². The van der Waals surface area contributed by atoms with Gasteiger partial charge in [-0.2, -0.15) is 0 Å². The molecule has 0 unspecified atom stereocenters. The van der Waals surface area contributed by atoms with Crippen molar-refractivity contribution in [1.29, 1.82) is 0 Å². The molecule has 1 aromatic carbocycles. The zero-order valence-corrected chi connectivity index (χ0v) is 20.4. The Morgan fingerprint density at radius 2 is 1.85 bits per heavy atom. The molecule has 6 heteroatoms. The Bertz CT molecular complexity index is 1020. The number of anilines is 1. The minimum Gasteiger partial charge on any atom is -0.393 e. The van der Waals surface area contributed by atoms with E-state index in [1.165, 1.54) is 24.8 Å². The highest BCUT2D eigenvalue weighted by Gasteiger charge is 2.45. The van der Waals surface area contributed by atoms with Gasteiger partial charge < -0.3 is 15.0 Å². The molecule has 0 aliphatic heterocycles. The van der Waals surface area contributed by atoms with Gasteiger partial charge in [0.05, 0.1) is 12.0 Å². The molecule has 0 bridgehead atoms. The summed E-state index contributed by atoms with van der Waals surface area (Å²) in [5.41, 5.74) is 3.08. The Morgan fingerprint density at radius 3 is 2.52 bits per heavy atom. The smallest absolute Gasteiger partial charge is 0.228 e. The summed E-state index contributed by atoms with van der Waals surface area (Å²) in [6.45, 7) is 8.67. The van der Waals surface area contributed by atoms with Crippen molar-refractivity contribution in [3.8, 4) is 0 Å². The number of benzene rings is 1. The van der Waals surface area contributed by atoms with Gasteiger partial charge in [0, 0.05) is 23.6 Å². The number of carbonyl (C=O) groups is 1. The Balaban J connectivity index is 1.36. The van der Waals surface area contributed by atoms with Gasteiger partial charge in [-0.1, -0.05) is 31.5 Å². The summed E-state index contributed by atoms with van der Waals surface area (Å²) in [5.74, 6) is 3.70. The molecule has 1 heterocycles. The number of nitrogens with zero attached hydrogens (tertiary/aromatic N) is 3. The van der Waals surface area contributed by atoms with Crippen LogP contribution in [-0.4, -0.2) is 31.9 Å². The maximum atomic E-state index is 13.4. The monoisotopic (exact) mass is 450 g/mol. The maximum Gasteiger partial charge on any atom is 0.228 e. The molecule has 3 aliphatic carbocycles. The van der Waals surface area contributed by atoms with Crippen LogP contribution in [0.15, 0.2) is 18.2 Å². The molecule has 1 amide bonds. The summed E-state index contributed by atoms with van der Waals surface area (Å²) < 4.78 is 2.37. The quantitative estimate of drug-likeness (QED) is 0.603. The molecular formula is C27H38N4O2. The lowest BCUT2D eigenvalue weighted by Crippen LogP contribution is -2.28. The SMILES string of the molecule is Cc1ccc(NC(=O)[C@@H]2C[C@H](O)C[C@H]2c2nnc([C@H]3C[C@@H](CC(C)C)C3)n2C2CC2)c(C)c1. The molecule has 0 spiro atoms. The van der Waals surface area contributed by atoms with Gasteiger partial charge >= 0.3 is 0 Å². The van der Waals surface area contributed by atoms with Crippen LogP contribution in [0.5, 0.6) is 0 Å². The average molecular weight is 451 g/mol. The highest BCUT2D eigenvalue weighted by Crippen LogP contribution is 2.49. The molecule has 0 radical (unpaired) electrons. The molecule has 33 heavy (non-hydrogen) atoms. The molecule has 178 valence electrons. The number of carbonyl (C=O) groups excluding carboxylic acids is 1. The summed E-state index contributed by atoms with van der Waals surface area (Å²) in [6.07, 6.45) is 6.60. The average Bonchev–Trinajstić information content (AvgIpc) is 3.35. The zero-order chi connectivity index (χ0) is 23.3. The van der Waals surface area contributed by atoms with Crippen LogP contribution >= 0.6 is 0 Å². The normalized spacial score (nSPS) is 29.3. The first kappa shape index (κ1) is 22.6. The topological polar surface area (TPSA) is 80.0 Å². The molecule has 3 aliphatic rings. The zero-order valence-electron chi connectivity index (χ0n) is 20.4. The standard InChI is InChI=1S/C27H38N4O2/c1-15(2)9-18-11-19(12-18)25-29-30-26(31(25)20-6-7-20)22-13-21(32)14-23(22)27(33)28-24-8-5-16(3)10-17(24)4/h5,8,10,15,18-23,32H,6-7,9,11-14H2,1-4H3,(H,28,33)/t18-,19+,21-,22-,23-/m1/s1. The third kappa shape index (κ3) is 4.59. The number of aryl methyl sites for hydroxylation is 2. The highest BCUT2D eigenvalue weighted by atomic mass is 16.3. The van der Waals surface area contributed by atoms with Crippen molar-refractivity contribution in [3.05, 3.63) is 41.0 Å². The lowest BCUT2D eigenvalue weighted by atomic mass is 9.71. The molecule has 2 N–H and O–H groups in total. The number of aliphatic hydroxyl groups is 1. The summed E-state index contributed by atoms with van der Waals surface area (Å²) in [6, 6.07) is 6.54. The number of hydrogen-bond donors (Lipinski definition) is 2. The van der Waals surface area contributed by atoms with E-state index in [2.05, 4.69) is 46.9 Å². The highest BCUT2D eigenvalue weighted by molar-refractivity contribution is 5.94. The van der Waals surface area contributed by atoms with Crippen molar-refractivity contribution in [1.82, 2.24) is 14.8 Å². The Kier molecular flexibility index (Phi) is 6.06. The predicted octanol–water partition coefficient (Wildman–Crippen LogP) is 5.26. The predicted molar refractivity (Wildman–Crippen MR) is 129 cm³/mol. The van der Waals surface area contributed by atoms with Gasteiger partial charge in [0.1, 0.15) is 11.6 Å². The van der Waals surface area contributed by atoms with Crippen molar-refractivity contribution >= 4 is 11.6 Å². The van der Waals surface area contributed by atoms with E-state index in [4.69, 9.17) is 0 Å². The number of aliphatic hydroxyl groups excluding tert-OH is 1. The van der Waals surface area contributed by atoms with Crippen LogP contribution in [0, 0.1) is 31.6 Å². The minimum atomic E-state index is -0.475. The number of aromatic nitrogens is 3. The Morgan fingerprint density at radius 1 is 1.12 bits per heavy atom. The summed E-state index contributed by atoms with van der Waals surface area (Å²) in [4.78, 5) is 13.4. The van der Waals surface area contributed by atoms with Gasteiger partial charge in [-0.05, 0) is 82.3 Å². The van der Waals surface area contributed by atoms with Gasteiger partial charge in [0.2, 0.25) is 5.91 Å². The third-order valence-corrected chi connectivity index (χ3v) is 7.91. The Hall–Kier alpha value is -2.21. The van der Waals surface area contributed by atoms with Gasteiger partial charge in [0.25, 0.3) is 0 Å². The van der Waals surface area contributed by atoms with Crippen LogP contribution in [0.1, 0.15) is 99.4 Å². The van der Waals surface area contributed by atoms with E-state index in [1.54, 1.807) is 0 Å². The lowest BCUT2D eigenvalue weighted by Gasteiger charge is -2.36. The van der Waals surface area contributed by atoms with Crippen LogP contribution in [0.4, 0.5) is 5.69 Å². The summed E-state index contributed by atoms with van der Waals surface area (Å²) in [5, 5.41) is 23.0. The lowest BCUT2D eigenvalue weighted by molar-refractivity contribution is -0.120. The van der Waals surface area contributed by atoms with Crippen molar-refractivity contribution in [2.24, 2.45) is 17.8 Å². The minimum absolute atomic E-state index is 0.0176. The molecule has 6 nitrogen and oxygen atoms in total. The fraction of sp³-hybridized carbons (Fsp3) is 0.667. The maximum absolute atomic E-state index is 13.4. The van der Waals surface area contributed by atoms with Crippen LogP contribution in [0.3, 0.4) is 0 Å². The van der Waals surface area contributed by atoms with Crippen LogP contribution in [0.25, 0.3) is 0 Å². The molecule has 0 saturated heterocycles. The first-order valence-corrected chi connectivity index (χ1v) is 12.8. The molecule has 3 fully saturated rings. The third-order valence-electron chi connectivity index (χ3n) is 7.91. The van der Waals surface area contributed by atoms with Crippen molar-refractivity contribution in [2.75, 3.05) is 5.32 Å². The molecule has 1 aromatic heterocycles.